The molecular weight excluding hydrogens is 302 g/mol. The van der Waals surface area contributed by atoms with Gasteiger partial charge in [-0.05, 0) is 64.5 Å². The van der Waals surface area contributed by atoms with Crippen LogP contribution in [0.2, 0.25) is 0 Å². The number of hydrogen-bond donors (Lipinski definition) is 3. The van der Waals surface area contributed by atoms with E-state index in [1.54, 1.807) is 6.92 Å². The second-order valence-electron chi connectivity index (χ2n) is 8.19. The van der Waals surface area contributed by atoms with Crippen molar-refractivity contribution < 1.29 is 15.3 Å². The molecule has 0 bridgehead atoms. The molecule has 2 saturated heterocycles. The largest absolute Gasteiger partial charge is 0.390 e. The van der Waals surface area contributed by atoms with Crippen molar-refractivity contribution in [1.29, 1.82) is 0 Å². The van der Waals surface area contributed by atoms with Gasteiger partial charge in [0.05, 0.1) is 11.7 Å². The smallest absolute Gasteiger partial charge is 0.100 e. The van der Waals surface area contributed by atoms with E-state index in [4.69, 9.17) is 0 Å². The van der Waals surface area contributed by atoms with Crippen LogP contribution in [0, 0.1) is 5.92 Å². The van der Waals surface area contributed by atoms with Gasteiger partial charge in [0, 0.05) is 12.6 Å². The number of fused-ring (bicyclic) bond motifs is 1. The van der Waals surface area contributed by atoms with Crippen molar-refractivity contribution in [3.63, 3.8) is 0 Å². The maximum Gasteiger partial charge on any atom is 0.100 e. The predicted molar refractivity (Wildman–Crippen MR) is 97.8 cm³/mol. The Hall–Kier alpha value is -0.680. The van der Waals surface area contributed by atoms with Crippen LogP contribution in [0.15, 0.2) is 23.3 Å². The first-order chi connectivity index (χ1) is 11.2. The summed E-state index contributed by atoms with van der Waals surface area (Å²) in [6, 6.07) is 0.307. The van der Waals surface area contributed by atoms with Crippen LogP contribution >= 0.6 is 0 Å². The van der Waals surface area contributed by atoms with Crippen molar-refractivity contribution in [1.82, 2.24) is 4.90 Å². The van der Waals surface area contributed by atoms with E-state index in [-0.39, 0.29) is 0 Å². The molecule has 0 aromatic heterocycles. The normalized spacial score (nSPS) is 34.7. The summed E-state index contributed by atoms with van der Waals surface area (Å²) in [5, 5.41) is 30.2. The molecule has 2 heterocycles. The summed E-state index contributed by atoms with van der Waals surface area (Å²) in [6.07, 6.45) is 7.95. The number of allylic oxidation sites excluding steroid dienone is 2. The van der Waals surface area contributed by atoms with Crippen LogP contribution in [0.3, 0.4) is 0 Å². The van der Waals surface area contributed by atoms with E-state index in [1.807, 2.05) is 19.9 Å². The monoisotopic (exact) mass is 337 g/mol. The molecule has 2 fully saturated rings. The lowest BCUT2D eigenvalue weighted by molar-refractivity contribution is -0.0641. The summed E-state index contributed by atoms with van der Waals surface area (Å²) in [7, 11) is 0. The molecular formula is C20H35NO3. The van der Waals surface area contributed by atoms with Crippen molar-refractivity contribution in [2.45, 2.75) is 83.6 Å². The van der Waals surface area contributed by atoms with E-state index in [1.165, 1.54) is 18.4 Å². The highest BCUT2D eigenvalue weighted by Crippen LogP contribution is 2.36. The van der Waals surface area contributed by atoms with Crippen LogP contribution in [-0.2, 0) is 0 Å². The standard InChI is InChI=1S/C20H35NO3/c1-14(8-9-15(2)19(23)16(3)22)11-17-12-20(4,24)18-7-5-6-10-21(18)13-17/h9,11,14,16,18-19,22-24H,5-8,10,12-13H2,1-4H3/b15-9+,17-11-/t14-,16-,18+,19-,20+/m1/s1. The summed E-state index contributed by atoms with van der Waals surface area (Å²) in [5.74, 6) is 0.355. The molecule has 0 unspecified atom stereocenters. The molecule has 2 aliphatic rings. The SMILES string of the molecule is C/C(=C\C[C@@H](C)/C=C1\CN2CCCC[C@H]2[C@@](C)(O)C1)[C@@H](O)[C@@H](C)O. The first-order valence-corrected chi connectivity index (χ1v) is 9.39. The minimum absolute atomic E-state index is 0.307. The van der Waals surface area contributed by atoms with E-state index in [2.05, 4.69) is 17.9 Å². The number of nitrogens with zero attached hydrogens (tertiary/aromatic N) is 1. The van der Waals surface area contributed by atoms with E-state index in [0.29, 0.717) is 12.0 Å². The third kappa shape index (κ3) is 4.92. The highest BCUT2D eigenvalue weighted by atomic mass is 16.3. The zero-order valence-corrected chi connectivity index (χ0v) is 15.7. The lowest BCUT2D eigenvalue weighted by Crippen LogP contribution is -2.57. The Morgan fingerprint density at radius 1 is 1.33 bits per heavy atom. The van der Waals surface area contributed by atoms with Gasteiger partial charge in [0.1, 0.15) is 6.10 Å². The Labute approximate surface area is 146 Å². The van der Waals surface area contributed by atoms with Crippen LogP contribution in [0.4, 0.5) is 0 Å². The summed E-state index contributed by atoms with van der Waals surface area (Å²) in [6.45, 7) is 9.68. The quantitative estimate of drug-likeness (QED) is 0.675. The Bertz CT molecular complexity index is 481. The van der Waals surface area contributed by atoms with Crippen LogP contribution in [0.5, 0.6) is 0 Å². The molecule has 0 aromatic carbocycles. The van der Waals surface area contributed by atoms with Crippen molar-refractivity contribution in [3.05, 3.63) is 23.3 Å². The second-order valence-corrected chi connectivity index (χ2v) is 8.19. The molecule has 0 radical (unpaired) electrons. The van der Waals surface area contributed by atoms with Gasteiger partial charge in [-0.2, -0.15) is 0 Å². The fourth-order valence-corrected chi connectivity index (χ4v) is 4.23. The molecule has 0 saturated carbocycles. The van der Waals surface area contributed by atoms with Gasteiger partial charge in [0.15, 0.2) is 0 Å². The van der Waals surface area contributed by atoms with Gasteiger partial charge in [-0.3, -0.25) is 4.90 Å². The lowest BCUT2D eigenvalue weighted by Gasteiger charge is -2.49. The van der Waals surface area contributed by atoms with Gasteiger partial charge in [-0.25, -0.2) is 0 Å². The van der Waals surface area contributed by atoms with Gasteiger partial charge in [0.25, 0.3) is 0 Å². The van der Waals surface area contributed by atoms with E-state index >= 15 is 0 Å². The average Bonchev–Trinajstić information content (AvgIpc) is 2.51. The summed E-state index contributed by atoms with van der Waals surface area (Å²) in [5.41, 5.74) is 1.52. The predicted octanol–water partition coefficient (Wildman–Crippen LogP) is 2.64. The topological polar surface area (TPSA) is 63.9 Å². The van der Waals surface area contributed by atoms with Crippen LogP contribution < -0.4 is 0 Å². The van der Waals surface area contributed by atoms with Gasteiger partial charge in [-0.15, -0.1) is 0 Å². The lowest BCUT2D eigenvalue weighted by atomic mass is 9.78. The molecule has 2 rings (SSSR count). The summed E-state index contributed by atoms with van der Waals surface area (Å²) < 4.78 is 0. The number of aliphatic hydroxyl groups excluding tert-OH is 2. The third-order valence-electron chi connectivity index (χ3n) is 5.58. The number of rotatable bonds is 5. The Morgan fingerprint density at radius 3 is 2.71 bits per heavy atom. The van der Waals surface area contributed by atoms with Crippen molar-refractivity contribution in [2.75, 3.05) is 13.1 Å². The molecule has 0 amide bonds. The molecule has 0 aliphatic carbocycles. The zero-order chi connectivity index (χ0) is 17.9. The van der Waals surface area contributed by atoms with Gasteiger partial charge in [-0.1, -0.05) is 31.1 Å². The first-order valence-electron chi connectivity index (χ1n) is 9.39. The van der Waals surface area contributed by atoms with Gasteiger partial charge in [0.2, 0.25) is 0 Å². The molecule has 5 atom stereocenters. The Kier molecular flexibility index (Phi) is 6.66. The van der Waals surface area contributed by atoms with Crippen LogP contribution in [0.25, 0.3) is 0 Å². The van der Waals surface area contributed by atoms with Crippen molar-refractivity contribution >= 4 is 0 Å². The fourth-order valence-electron chi connectivity index (χ4n) is 4.23. The summed E-state index contributed by atoms with van der Waals surface area (Å²) in [4.78, 5) is 2.45. The minimum Gasteiger partial charge on any atom is -0.390 e. The second kappa shape index (κ2) is 8.13. The Balaban J connectivity index is 1.98. The first kappa shape index (κ1) is 19.6. The van der Waals surface area contributed by atoms with Gasteiger partial charge < -0.3 is 15.3 Å². The molecule has 4 nitrogen and oxygen atoms in total. The maximum atomic E-state index is 10.8. The maximum absolute atomic E-state index is 10.8. The van der Waals surface area contributed by atoms with Gasteiger partial charge >= 0.3 is 0 Å². The molecule has 3 N–H and O–H groups in total. The number of piperidine rings is 2. The fraction of sp³-hybridized carbons (Fsp3) is 0.800. The molecule has 138 valence electrons. The van der Waals surface area contributed by atoms with Crippen molar-refractivity contribution in [3.8, 4) is 0 Å². The molecule has 24 heavy (non-hydrogen) atoms. The third-order valence-corrected chi connectivity index (χ3v) is 5.58. The number of aliphatic hydroxyl groups is 3. The molecule has 0 spiro atoms. The van der Waals surface area contributed by atoms with E-state index in [9.17, 15) is 15.3 Å². The zero-order valence-electron chi connectivity index (χ0n) is 15.7. The Morgan fingerprint density at radius 2 is 2.04 bits per heavy atom. The van der Waals surface area contributed by atoms with Crippen molar-refractivity contribution in [2.24, 2.45) is 5.92 Å². The highest BCUT2D eigenvalue weighted by Gasteiger charge is 2.42. The van der Waals surface area contributed by atoms with E-state index in [0.717, 1.165) is 37.9 Å². The van der Waals surface area contributed by atoms with E-state index < -0.39 is 17.8 Å². The molecule has 0 aromatic rings. The highest BCUT2D eigenvalue weighted by molar-refractivity contribution is 5.18. The van der Waals surface area contributed by atoms with Crippen LogP contribution in [0.1, 0.15) is 59.8 Å². The number of hydrogen-bond acceptors (Lipinski definition) is 4. The minimum atomic E-state index is -0.783. The molecule has 2 aliphatic heterocycles. The molecule has 4 heteroatoms. The average molecular weight is 338 g/mol. The summed E-state index contributed by atoms with van der Waals surface area (Å²) >= 11 is 0. The van der Waals surface area contributed by atoms with Crippen LogP contribution in [-0.4, -0.2) is 57.2 Å².